The first kappa shape index (κ1) is 39.0. The van der Waals surface area contributed by atoms with E-state index in [1.54, 1.807) is 0 Å². The molecule has 0 fully saturated rings. The summed E-state index contributed by atoms with van der Waals surface area (Å²) in [5, 5.41) is 18.2. The fourth-order valence-electron chi connectivity index (χ4n) is 4.34. The van der Waals surface area contributed by atoms with Crippen LogP contribution in [0.5, 0.6) is 0 Å². The van der Waals surface area contributed by atoms with Gasteiger partial charge in [-0.15, -0.1) is 0 Å². The lowest BCUT2D eigenvalue weighted by atomic mass is 10.1. The van der Waals surface area contributed by atoms with Crippen molar-refractivity contribution in [2.75, 3.05) is 39.6 Å². The van der Waals surface area contributed by atoms with Gasteiger partial charge >= 0.3 is 7.82 Å². The van der Waals surface area contributed by atoms with Crippen LogP contribution in [0.1, 0.15) is 142 Å². The van der Waals surface area contributed by atoms with Gasteiger partial charge in [-0.1, -0.05) is 129 Å². The van der Waals surface area contributed by atoms with Crippen LogP contribution in [0.4, 0.5) is 0 Å². The zero-order valence-electron chi connectivity index (χ0n) is 25.4. The van der Waals surface area contributed by atoms with Crippen molar-refractivity contribution < 1.29 is 38.2 Å². The first-order chi connectivity index (χ1) is 18.9. The Morgan fingerprint density at radius 3 is 1.46 bits per heavy atom. The Morgan fingerprint density at radius 1 is 0.590 bits per heavy atom. The molecule has 0 bridgehead atoms. The summed E-state index contributed by atoms with van der Waals surface area (Å²) < 4.78 is 33.7. The maximum absolute atomic E-state index is 12.1. The van der Waals surface area contributed by atoms with E-state index in [2.05, 4.69) is 13.8 Å². The lowest BCUT2D eigenvalue weighted by Crippen LogP contribution is -2.27. The molecule has 0 saturated carbocycles. The Labute approximate surface area is 240 Å². The Balaban J connectivity index is 4.13. The second-order valence-electron chi connectivity index (χ2n) is 10.8. The lowest BCUT2D eigenvalue weighted by Gasteiger charge is -2.20. The van der Waals surface area contributed by atoms with Crippen LogP contribution in [-0.2, 0) is 23.1 Å². The highest BCUT2D eigenvalue weighted by molar-refractivity contribution is 7.47. The summed E-state index contributed by atoms with van der Waals surface area (Å²) in [4.78, 5) is 9.86. The highest BCUT2D eigenvalue weighted by Crippen LogP contribution is 2.43. The summed E-state index contributed by atoms with van der Waals surface area (Å²) in [5.74, 6) is 0. The average molecular weight is 583 g/mol. The van der Waals surface area contributed by atoms with E-state index in [4.69, 9.17) is 23.6 Å². The van der Waals surface area contributed by atoms with E-state index in [1.165, 1.54) is 103 Å². The van der Waals surface area contributed by atoms with Gasteiger partial charge in [0.2, 0.25) is 0 Å². The van der Waals surface area contributed by atoms with Crippen LogP contribution in [0.15, 0.2) is 0 Å². The zero-order valence-corrected chi connectivity index (χ0v) is 26.3. The topological polar surface area (TPSA) is 115 Å². The van der Waals surface area contributed by atoms with Gasteiger partial charge in [0.1, 0.15) is 12.2 Å². The van der Waals surface area contributed by atoms with Gasteiger partial charge in [0.15, 0.2) is 0 Å². The lowest BCUT2D eigenvalue weighted by molar-refractivity contribution is -0.0462. The average Bonchev–Trinajstić information content (AvgIpc) is 2.93. The smallest absolute Gasteiger partial charge is 0.394 e. The number of phosphoric acid groups is 1. The monoisotopic (exact) mass is 582 g/mol. The van der Waals surface area contributed by atoms with E-state index in [0.29, 0.717) is 13.2 Å². The van der Waals surface area contributed by atoms with Gasteiger partial charge in [0, 0.05) is 13.2 Å². The molecule has 0 aromatic carbocycles. The molecule has 0 aliphatic rings. The van der Waals surface area contributed by atoms with Crippen molar-refractivity contribution in [1.29, 1.82) is 0 Å². The fourth-order valence-corrected chi connectivity index (χ4v) is 5.13. The van der Waals surface area contributed by atoms with E-state index in [1.807, 2.05) is 0 Å². The number of hydrogen-bond donors (Lipinski definition) is 3. The number of aliphatic hydroxyl groups is 2. The Hall–Kier alpha value is -0.0500. The van der Waals surface area contributed by atoms with Crippen LogP contribution in [0, 0.1) is 0 Å². The molecule has 3 unspecified atom stereocenters. The number of hydrogen-bond acceptors (Lipinski definition) is 7. The van der Waals surface area contributed by atoms with E-state index >= 15 is 0 Å². The summed E-state index contributed by atoms with van der Waals surface area (Å²) in [5.41, 5.74) is 0. The second-order valence-corrected chi connectivity index (χ2v) is 12.3. The molecular formula is C30H63O8P. The van der Waals surface area contributed by atoms with Crippen molar-refractivity contribution in [1.82, 2.24) is 0 Å². The van der Waals surface area contributed by atoms with Crippen LogP contribution in [-0.4, -0.2) is 67.0 Å². The number of unbranched alkanes of at least 4 members (excludes halogenated alkanes) is 18. The predicted octanol–water partition coefficient (Wildman–Crippen LogP) is 7.72. The van der Waals surface area contributed by atoms with E-state index in [-0.39, 0.29) is 13.2 Å². The van der Waals surface area contributed by atoms with Crippen molar-refractivity contribution in [3.63, 3.8) is 0 Å². The van der Waals surface area contributed by atoms with E-state index < -0.39 is 33.2 Å². The van der Waals surface area contributed by atoms with Crippen LogP contribution >= 0.6 is 7.82 Å². The van der Waals surface area contributed by atoms with Crippen molar-refractivity contribution >= 4 is 7.82 Å². The third-order valence-electron chi connectivity index (χ3n) is 6.86. The minimum absolute atomic E-state index is 0.140. The normalized spacial score (nSPS) is 14.9. The van der Waals surface area contributed by atoms with Crippen molar-refractivity contribution in [3.8, 4) is 0 Å². The SMILES string of the molecule is CCCCCCCCCCCCOCC(COP(=O)(O)OCC(O)CO)OCCCCCCCCCCCC. The summed E-state index contributed by atoms with van der Waals surface area (Å²) >= 11 is 0. The minimum Gasteiger partial charge on any atom is -0.394 e. The molecule has 0 aromatic heterocycles. The molecule has 0 saturated heterocycles. The summed E-state index contributed by atoms with van der Waals surface area (Å²) in [6.07, 6.45) is 23.4. The largest absolute Gasteiger partial charge is 0.472 e. The van der Waals surface area contributed by atoms with Crippen molar-refractivity contribution in [2.24, 2.45) is 0 Å². The van der Waals surface area contributed by atoms with Crippen LogP contribution in [0.2, 0.25) is 0 Å². The summed E-state index contributed by atoms with van der Waals surface area (Å²) in [6.45, 7) is 4.77. The van der Waals surface area contributed by atoms with Gasteiger partial charge in [-0.3, -0.25) is 9.05 Å². The predicted molar refractivity (Wildman–Crippen MR) is 159 cm³/mol. The van der Waals surface area contributed by atoms with Crippen molar-refractivity contribution in [3.05, 3.63) is 0 Å². The maximum atomic E-state index is 12.1. The van der Waals surface area contributed by atoms with Gasteiger partial charge in [-0.2, -0.15) is 0 Å². The van der Waals surface area contributed by atoms with Gasteiger partial charge in [0.25, 0.3) is 0 Å². The Morgan fingerprint density at radius 2 is 1.00 bits per heavy atom. The van der Waals surface area contributed by atoms with Gasteiger partial charge in [-0.25, -0.2) is 4.57 Å². The van der Waals surface area contributed by atoms with Gasteiger partial charge in [-0.05, 0) is 12.8 Å². The highest BCUT2D eigenvalue weighted by Gasteiger charge is 2.25. The minimum atomic E-state index is -4.36. The molecule has 0 radical (unpaired) electrons. The maximum Gasteiger partial charge on any atom is 0.472 e. The third kappa shape index (κ3) is 29.2. The second kappa shape index (κ2) is 29.4. The molecule has 0 aliphatic heterocycles. The molecule has 39 heavy (non-hydrogen) atoms. The number of aliphatic hydroxyl groups excluding tert-OH is 2. The quantitative estimate of drug-likeness (QED) is 0.0546. The molecule has 0 aliphatic carbocycles. The number of ether oxygens (including phenoxy) is 2. The van der Waals surface area contributed by atoms with Crippen LogP contribution < -0.4 is 0 Å². The molecule has 0 aromatic rings. The molecule has 8 nitrogen and oxygen atoms in total. The highest BCUT2D eigenvalue weighted by atomic mass is 31.2. The Bertz CT molecular complexity index is 537. The molecule has 3 atom stereocenters. The molecule has 0 heterocycles. The molecule has 3 N–H and O–H groups in total. The molecule has 0 rings (SSSR count). The molecule has 0 amide bonds. The van der Waals surface area contributed by atoms with Crippen LogP contribution in [0.25, 0.3) is 0 Å². The summed E-state index contributed by atoms with van der Waals surface area (Å²) in [7, 11) is -4.36. The third-order valence-corrected chi connectivity index (χ3v) is 7.81. The van der Waals surface area contributed by atoms with Crippen LogP contribution in [0.3, 0.4) is 0 Å². The fraction of sp³-hybridized carbons (Fsp3) is 1.00. The van der Waals surface area contributed by atoms with Gasteiger partial charge in [0.05, 0.1) is 26.4 Å². The first-order valence-corrected chi connectivity index (χ1v) is 17.5. The summed E-state index contributed by atoms with van der Waals surface area (Å²) in [6, 6.07) is 0. The molecule has 9 heteroatoms. The molecular weight excluding hydrogens is 519 g/mol. The number of phosphoric ester groups is 1. The van der Waals surface area contributed by atoms with E-state index in [0.717, 1.165) is 25.7 Å². The Kier molecular flexibility index (Phi) is 29.4. The van der Waals surface area contributed by atoms with Gasteiger partial charge < -0.3 is 24.6 Å². The van der Waals surface area contributed by atoms with E-state index in [9.17, 15) is 14.6 Å². The number of rotatable bonds is 32. The first-order valence-electron chi connectivity index (χ1n) is 16.0. The van der Waals surface area contributed by atoms with Crippen molar-refractivity contribution in [2.45, 2.75) is 154 Å². The molecule has 0 spiro atoms. The molecule has 236 valence electrons. The zero-order chi connectivity index (χ0) is 28.9. The standard InChI is InChI=1S/C30H63O8P/c1-3-5-7-9-11-13-15-17-19-21-23-35-27-30(28-38-39(33,34)37-26-29(32)25-31)36-24-22-20-18-16-14-12-10-8-6-4-2/h29-32H,3-28H2,1-2H3,(H,33,34).